The fraction of sp³-hybridized carbons (Fsp3) is 0.350. The van der Waals surface area contributed by atoms with Crippen molar-refractivity contribution in [2.75, 3.05) is 20.2 Å². The summed E-state index contributed by atoms with van der Waals surface area (Å²) in [6.07, 6.45) is 0.869. The largest absolute Gasteiger partial charge is 0.459 e. The third-order valence-corrected chi connectivity index (χ3v) is 4.90. The van der Waals surface area contributed by atoms with E-state index in [0.717, 1.165) is 19.4 Å². The molecule has 0 N–H and O–H groups in total. The smallest absolute Gasteiger partial charge is 0.389 e. The Morgan fingerprint density at radius 3 is 1.96 bits per heavy atom. The minimum absolute atomic E-state index is 0. The van der Waals surface area contributed by atoms with Gasteiger partial charge in [-0.15, -0.1) is 12.4 Å². The molecule has 0 spiro atoms. The van der Waals surface area contributed by atoms with E-state index in [1.807, 2.05) is 7.05 Å². The number of hydrogen-bond acceptors (Lipinski definition) is 5. The van der Waals surface area contributed by atoms with Crippen LogP contribution in [0.1, 0.15) is 12.8 Å². The highest BCUT2D eigenvalue weighted by Gasteiger charge is 2.28. The van der Waals surface area contributed by atoms with Crippen molar-refractivity contribution in [3.63, 3.8) is 0 Å². The molecule has 152 valence electrons. The number of halogens is 3. The van der Waals surface area contributed by atoms with Crippen LogP contribution in [-0.2, 0) is 9.53 Å². The van der Waals surface area contributed by atoms with Gasteiger partial charge in [-0.05, 0) is 75.0 Å². The van der Waals surface area contributed by atoms with Crippen molar-refractivity contribution < 1.29 is 19.0 Å². The Kier molecular flexibility index (Phi) is 8.70. The molecule has 2 aromatic carbocycles. The lowest BCUT2D eigenvalue weighted by atomic mass is 10.2. The van der Waals surface area contributed by atoms with Gasteiger partial charge in [0.15, 0.2) is 0 Å². The van der Waals surface area contributed by atoms with Crippen molar-refractivity contribution in [2.45, 2.75) is 25.2 Å². The molecule has 2 aromatic rings. The number of likely N-dealkylation sites (tertiary alicyclic amines) is 1. The molecule has 0 amide bonds. The molecule has 1 aliphatic rings. The first-order chi connectivity index (χ1) is 13.0. The van der Waals surface area contributed by atoms with Gasteiger partial charge < -0.3 is 19.1 Å². The van der Waals surface area contributed by atoms with Crippen LogP contribution < -0.4 is 9.47 Å². The van der Waals surface area contributed by atoms with Gasteiger partial charge in [0, 0.05) is 16.1 Å². The van der Waals surface area contributed by atoms with E-state index in [1.165, 1.54) is 0 Å². The van der Waals surface area contributed by atoms with Gasteiger partial charge in [-0.2, -0.15) is 0 Å². The number of rotatable bonds is 7. The van der Waals surface area contributed by atoms with Crippen LogP contribution in [0.3, 0.4) is 0 Å². The molecule has 8 heteroatoms. The first-order valence-electron chi connectivity index (χ1n) is 8.72. The number of ether oxygens (including phenoxy) is 3. The Balaban J connectivity index is 0.00000280. The normalized spacial score (nSPS) is 16.5. The van der Waals surface area contributed by atoms with Crippen molar-refractivity contribution >= 4 is 41.6 Å². The Morgan fingerprint density at radius 2 is 1.54 bits per heavy atom. The van der Waals surface area contributed by atoms with Gasteiger partial charge in [0.2, 0.25) is 0 Å². The molecule has 1 saturated heterocycles. The second-order valence-electron chi connectivity index (χ2n) is 6.38. The second kappa shape index (κ2) is 10.8. The number of nitrogens with zero attached hydrogens (tertiary/aromatic N) is 1. The van der Waals surface area contributed by atoms with E-state index in [4.69, 9.17) is 37.4 Å². The third kappa shape index (κ3) is 6.45. The molecule has 1 aliphatic heterocycles. The summed E-state index contributed by atoms with van der Waals surface area (Å²) in [7, 11) is 2.03. The molecule has 1 heterocycles. The zero-order valence-corrected chi connectivity index (χ0v) is 17.7. The highest BCUT2D eigenvalue weighted by molar-refractivity contribution is 6.30. The summed E-state index contributed by atoms with van der Waals surface area (Å²) < 4.78 is 16.9. The van der Waals surface area contributed by atoms with Gasteiger partial charge in [0.25, 0.3) is 0 Å². The molecule has 0 saturated carbocycles. The van der Waals surface area contributed by atoms with E-state index in [-0.39, 0.29) is 18.4 Å². The van der Waals surface area contributed by atoms with Crippen molar-refractivity contribution in [1.82, 2.24) is 4.90 Å². The molecule has 0 aromatic heterocycles. The van der Waals surface area contributed by atoms with Crippen LogP contribution in [0.2, 0.25) is 10.0 Å². The van der Waals surface area contributed by atoms with Crippen LogP contribution in [-0.4, -0.2) is 43.4 Å². The molecule has 1 fully saturated rings. The molecule has 0 radical (unpaired) electrons. The summed E-state index contributed by atoms with van der Waals surface area (Å²) in [5.74, 6) is 0.321. The maximum Gasteiger partial charge on any atom is 0.389 e. The summed E-state index contributed by atoms with van der Waals surface area (Å²) in [6.45, 7) is 1.31. The SMILES string of the molecule is CN1CCC[C@H]1COC(=O)C(Oc1ccc(Cl)cc1)Oc1ccc(Cl)cc1.Cl. The Morgan fingerprint density at radius 1 is 1.04 bits per heavy atom. The number of likely N-dealkylation sites (N-methyl/N-ethyl adjacent to an activating group) is 1. The minimum atomic E-state index is -1.24. The van der Waals surface area contributed by atoms with E-state index < -0.39 is 12.3 Å². The molecule has 0 aliphatic carbocycles. The zero-order chi connectivity index (χ0) is 19.2. The maximum atomic E-state index is 12.6. The van der Waals surface area contributed by atoms with Crippen LogP contribution in [0.4, 0.5) is 0 Å². The molecule has 1 atom stereocenters. The Hall–Kier alpha value is -1.66. The predicted octanol–water partition coefficient (Wildman–Crippen LogP) is 4.84. The molecule has 5 nitrogen and oxygen atoms in total. The van der Waals surface area contributed by atoms with Gasteiger partial charge in [-0.25, -0.2) is 4.79 Å². The monoisotopic (exact) mass is 445 g/mol. The average molecular weight is 447 g/mol. The van der Waals surface area contributed by atoms with Crippen molar-refractivity contribution in [3.05, 3.63) is 58.6 Å². The summed E-state index contributed by atoms with van der Waals surface area (Å²) >= 11 is 11.8. The molecule has 0 unspecified atom stereocenters. The predicted molar refractivity (Wildman–Crippen MR) is 112 cm³/mol. The van der Waals surface area contributed by atoms with E-state index >= 15 is 0 Å². The first kappa shape index (κ1) is 22.6. The molecule has 0 bridgehead atoms. The third-order valence-electron chi connectivity index (χ3n) is 4.40. The topological polar surface area (TPSA) is 48.0 Å². The lowest BCUT2D eigenvalue weighted by molar-refractivity contribution is -0.167. The average Bonchev–Trinajstić information content (AvgIpc) is 3.07. The number of benzene rings is 2. The minimum Gasteiger partial charge on any atom is -0.459 e. The fourth-order valence-electron chi connectivity index (χ4n) is 2.83. The standard InChI is InChI=1S/C20H21Cl2NO4.ClH/c1-23-12-2-3-16(23)13-25-19(24)20(26-17-8-4-14(21)5-9-17)27-18-10-6-15(22)7-11-18;/h4-11,16,20H,2-3,12-13H2,1H3;1H/t16-;/m0./s1. The van der Waals surface area contributed by atoms with Gasteiger partial charge in [0.05, 0.1) is 0 Å². The van der Waals surface area contributed by atoms with Crippen LogP contribution in [0.5, 0.6) is 11.5 Å². The molecule has 3 rings (SSSR count). The van der Waals surface area contributed by atoms with Crippen molar-refractivity contribution in [1.29, 1.82) is 0 Å². The van der Waals surface area contributed by atoms with Crippen molar-refractivity contribution in [3.8, 4) is 11.5 Å². The number of carbonyl (C=O) groups excluding carboxylic acids is 1. The second-order valence-corrected chi connectivity index (χ2v) is 7.26. The highest BCUT2D eigenvalue weighted by atomic mass is 35.5. The van der Waals surface area contributed by atoms with E-state index in [1.54, 1.807) is 48.5 Å². The molecule has 28 heavy (non-hydrogen) atoms. The van der Waals surface area contributed by atoms with Crippen molar-refractivity contribution in [2.24, 2.45) is 0 Å². The zero-order valence-electron chi connectivity index (χ0n) is 15.3. The maximum absolute atomic E-state index is 12.6. The highest BCUT2D eigenvalue weighted by Crippen LogP contribution is 2.22. The Bertz CT molecular complexity index is 708. The lowest BCUT2D eigenvalue weighted by Gasteiger charge is -2.22. The summed E-state index contributed by atoms with van der Waals surface area (Å²) in [5, 5.41) is 1.15. The van der Waals surface area contributed by atoms with E-state index in [2.05, 4.69) is 4.90 Å². The quantitative estimate of drug-likeness (QED) is 0.450. The lowest BCUT2D eigenvalue weighted by Crippen LogP contribution is -2.38. The fourth-order valence-corrected chi connectivity index (χ4v) is 3.08. The summed E-state index contributed by atoms with van der Waals surface area (Å²) in [4.78, 5) is 14.8. The van der Waals surface area contributed by atoms with E-state index in [9.17, 15) is 4.79 Å². The first-order valence-corrected chi connectivity index (χ1v) is 9.48. The summed E-state index contributed by atoms with van der Waals surface area (Å²) in [5.41, 5.74) is 0. The van der Waals surface area contributed by atoms with Gasteiger partial charge >= 0.3 is 12.3 Å². The van der Waals surface area contributed by atoms with E-state index in [0.29, 0.717) is 28.2 Å². The van der Waals surface area contributed by atoms with Crippen LogP contribution in [0.25, 0.3) is 0 Å². The molecular weight excluding hydrogens is 425 g/mol. The number of esters is 1. The number of carbonyl (C=O) groups is 1. The van der Waals surface area contributed by atoms with Crippen LogP contribution >= 0.6 is 35.6 Å². The van der Waals surface area contributed by atoms with Crippen LogP contribution in [0, 0.1) is 0 Å². The van der Waals surface area contributed by atoms with Crippen LogP contribution in [0.15, 0.2) is 48.5 Å². The number of hydrogen-bond donors (Lipinski definition) is 0. The Labute approximate surface area is 180 Å². The van der Waals surface area contributed by atoms with Gasteiger partial charge in [-0.1, -0.05) is 23.2 Å². The molecular formula is C20H22Cl3NO4. The summed E-state index contributed by atoms with van der Waals surface area (Å²) in [6, 6.07) is 13.6. The van der Waals surface area contributed by atoms with Gasteiger partial charge in [0.1, 0.15) is 18.1 Å². The van der Waals surface area contributed by atoms with Gasteiger partial charge in [-0.3, -0.25) is 0 Å².